The second-order valence-corrected chi connectivity index (χ2v) is 12.6. The number of aromatic nitrogens is 3. The van der Waals surface area contributed by atoms with Crippen molar-refractivity contribution < 1.29 is 22.1 Å². The Balaban J connectivity index is 1.75. The summed E-state index contributed by atoms with van der Waals surface area (Å²) < 4.78 is 54.1. The summed E-state index contributed by atoms with van der Waals surface area (Å²) in [6.07, 6.45) is -1.63. The standard InChI is InChI=1S/C26H35F3N5O2S/c1-17-18(7-6-8-19(17)26(27,28)29)15-22-21(9-12-36-37(5)25(2,3)4)31-24-20(30)16-23(32-34(22)24)33-10-13-35-14-11-33/h6-8,16H,9-15,30H2,1-5H3/q+1. The fourth-order valence-corrected chi connectivity index (χ4v) is 4.93. The monoisotopic (exact) mass is 538 g/mol. The van der Waals surface area contributed by atoms with E-state index in [4.69, 9.17) is 24.7 Å². The van der Waals surface area contributed by atoms with Crippen LogP contribution in [0, 0.1) is 6.92 Å². The lowest BCUT2D eigenvalue weighted by Crippen LogP contribution is -2.37. The zero-order chi connectivity index (χ0) is 27.0. The Morgan fingerprint density at radius 1 is 1.16 bits per heavy atom. The molecule has 0 amide bonds. The summed E-state index contributed by atoms with van der Waals surface area (Å²) in [6, 6.07) is 6.09. The van der Waals surface area contributed by atoms with Crippen LogP contribution < -0.4 is 10.6 Å². The molecule has 202 valence electrons. The molecule has 1 atom stereocenters. The van der Waals surface area contributed by atoms with Crippen LogP contribution in [0.3, 0.4) is 0 Å². The molecule has 3 aromatic rings. The predicted molar refractivity (Wildman–Crippen MR) is 142 cm³/mol. The van der Waals surface area contributed by atoms with E-state index in [0.29, 0.717) is 62.0 Å². The lowest BCUT2D eigenvalue weighted by atomic mass is 9.97. The van der Waals surface area contributed by atoms with E-state index in [0.717, 1.165) is 17.5 Å². The lowest BCUT2D eigenvalue weighted by Gasteiger charge is -2.27. The molecule has 2 aromatic heterocycles. The molecule has 7 nitrogen and oxygen atoms in total. The van der Waals surface area contributed by atoms with E-state index in [2.05, 4.69) is 31.9 Å². The second-order valence-electron chi connectivity index (χ2n) is 10.2. The summed E-state index contributed by atoms with van der Waals surface area (Å²) in [6.45, 7) is 10.9. The van der Waals surface area contributed by atoms with Crippen molar-refractivity contribution in [2.75, 3.05) is 49.8 Å². The summed E-state index contributed by atoms with van der Waals surface area (Å²) in [5.74, 6) is 0.693. The Morgan fingerprint density at radius 2 is 1.86 bits per heavy atom. The number of nitrogens with zero attached hydrogens (tertiary/aromatic N) is 4. The molecule has 1 fully saturated rings. The highest BCUT2D eigenvalue weighted by atomic mass is 32.2. The maximum absolute atomic E-state index is 13.6. The van der Waals surface area contributed by atoms with Crippen LogP contribution in [-0.2, 0) is 39.1 Å². The van der Waals surface area contributed by atoms with Crippen LogP contribution in [0.1, 0.15) is 48.8 Å². The Bertz CT molecular complexity index is 1250. The van der Waals surface area contributed by atoms with E-state index in [1.807, 2.05) is 0 Å². The third-order valence-electron chi connectivity index (χ3n) is 6.68. The molecule has 1 aromatic carbocycles. The van der Waals surface area contributed by atoms with Crippen molar-refractivity contribution in [3.63, 3.8) is 0 Å². The smallest absolute Gasteiger partial charge is 0.396 e. The van der Waals surface area contributed by atoms with Gasteiger partial charge in [0.2, 0.25) is 0 Å². The zero-order valence-electron chi connectivity index (χ0n) is 22.0. The first kappa shape index (κ1) is 27.5. The topological polar surface area (TPSA) is 77.9 Å². The van der Waals surface area contributed by atoms with Gasteiger partial charge >= 0.3 is 6.18 Å². The van der Waals surface area contributed by atoms with Gasteiger partial charge in [-0.3, -0.25) is 0 Å². The van der Waals surface area contributed by atoms with Gasteiger partial charge in [0.1, 0.15) is 24.0 Å². The van der Waals surface area contributed by atoms with Gasteiger partial charge in [-0.05, 0) is 44.9 Å². The third kappa shape index (κ3) is 6.15. The van der Waals surface area contributed by atoms with Gasteiger partial charge in [0, 0.05) is 32.0 Å². The molecule has 0 bridgehead atoms. The summed E-state index contributed by atoms with van der Waals surface area (Å²) in [5, 5.41) is 4.84. The van der Waals surface area contributed by atoms with E-state index in [1.54, 1.807) is 16.6 Å². The molecule has 0 radical (unpaired) electrons. The number of imidazole rings is 1. The molecule has 1 aliphatic heterocycles. The van der Waals surface area contributed by atoms with Crippen LogP contribution in [0.2, 0.25) is 0 Å². The highest BCUT2D eigenvalue weighted by Gasteiger charge is 2.34. The minimum absolute atomic E-state index is 0.00985. The summed E-state index contributed by atoms with van der Waals surface area (Å²) >= 11 is -0.270. The van der Waals surface area contributed by atoms with Gasteiger partial charge in [-0.1, -0.05) is 12.1 Å². The van der Waals surface area contributed by atoms with E-state index in [1.165, 1.54) is 13.0 Å². The summed E-state index contributed by atoms with van der Waals surface area (Å²) in [7, 11) is 0. The third-order valence-corrected chi connectivity index (χ3v) is 8.93. The average molecular weight is 539 g/mol. The molecule has 4 rings (SSSR count). The van der Waals surface area contributed by atoms with Crippen molar-refractivity contribution in [2.24, 2.45) is 0 Å². The number of fused-ring (bicyclic) bond motifs is 1. The van der Waals surface area contributed by atoms with E-state index >= 15 is 0 Å². The molecule has 0 saturated carbocycles. The van der Waals surface area contributed by atoms with Gasteiger partial charge in [0.15, 0.2) is 16.2 Å². The minimum atomic E-state index is -4.42. The first-order valence-corrected chi connectivity index (χ1v) is 13.9. The van der Waals surface area contributed by atoms with Gasteiger partial charge in [-0.2, -0.15) is 17.4 Å². The van der Waals surface area contributed by atoms with Crippen LogP contribution in [0.4, 0.5) is 24.7 Å². The Morgan fingerprint density at radius 3 is 2.51 bits per heavy atom. The fourth-order valence-electron chi connectivity index (χ4n) is 4.25. The van der Waals surface area contributed by atoms with Crippen molar-refractivity contribution in [3.8, 4) is 0 Å². The molecular weight excluding hydrogens is 503 g/mol. The second kappa shape index (κ2) is 10.7. The van der Waals surface area contributed by atoms with Crippen LogP contribution in [-0.4, -0.2) is 58.5 Å². The van der Waals surface area contributed by atoms with Gasteiger partial charge in [-0.25, -0.2) is 9.50 Å². The molecule has 1 unspecified atom stereocenters. The van der Waals surface area contributed by atoms with Crippen molar-refractivity contribution in [2.45, 2.75) is 51.5 Å². The van der Waals surface area contributed by atoms with E-state index in [-0.39, 0.29) is 27.9 Å². The van der Waals surface area contributed by atoms with Crippen LogP contribution in [0.5, 0.6) is 0 Å². The Kier molecular flexibility index (Phi) is 7.96. The Hall–Kier alpha value is -2.50. The first-order chi connectivity index (χ1) is 17.4. The zero-order valence-corrected chi connectivity index (χ0v) is 22.8. The number of anilines is 2. The van der Waals surface area contributed by atoms with Gasteiger partial charge in [0.05, 0.1) is 35.9 Å². The van der Waals surface area contributed by atoms with Crippen molar-refractivity contribution in [1.82, 2.24) is 14.6 Å². The average Bonchev–Trinajstić information content (AvgIpc) is 3.17. The van der Waals surface area contributed by atoms with Crippen molar-refractivity contribution in [1.29, 1.82) is 0 Å². The molecule has 37 heavy (non-hydrogen) atoms. The fraction of sp³-hybridized carbons (Fsp3) is 0.538. The number of hydrogen-bond acceptors (Lipinski definition) is 6. The normalized spacial score (nSPS) is 15.9. The molecule has 11 heteroatoms. The number of halogens is 3. The summed E-state index contributed by atoms with van der Waals surface area (Å²) in [4.78, 5) is 6.88. The minimum Gasteiger partial charge on any atom is -0.396 e. The van der Waals surface area contributed by atoms with Crippen molar-refractivity contribution >= 4 is 28.3 Å². The first-order valence-electron chi connectivity index (χ1n) is 12.3. The van der Waals surface area contributed by atoms with Crippen LogP contribution in [0.15, 0.2) is 24.3 Å². The quantitative estimate of drug-likeness (QED) is 0.444. The number of rotatable bonds is 7. The Labute approximate surface area is 218 Å². The maximum atomic E-state index is 13.6. The molecule has 0 spiro atoms. The van der Waals surface area contributed by atoms with Gasteiger partial charge in [0.25, 0.3) is 0 Å². The molecule has 3 heterocycles. The highest BCUT2D eigenvalue weighted by Crippen LogP contribution is 2.34. The SMILES string of the molecule is Cc1c(Cc2c(CCO[S+](C)C(C)(C)C)nc3c(N)cc(N4CCOCC4)nn23)cccc1C(F)(F)F. The number of nitrogens with two attached hydrogens (primary N) is 1. The number of alkyl halides is 3. The van der Waals surface area contributed by atoms with Gasteiger partial charge in [-0.15, -0.1) is 5.10 Å². The highest BCUT2D eigenvalue weighted by molar-refractivity contribution is 7.93. The molecule has 0 aliphatic carbocycles. The van der Waals surface area contributed by atoms with Crippen molar-refractivity contribution in [3.05, 3.63) is 52.3 Å². The van der Waals surface area contributed by atoms with Gasteiger partial charge < -0.3 is 15.4 Å². The number of nitrogen functional groups attached to an aromatic ring is 1. The predicted octanol–water partition coefficient (Wildman–Crippen LogP) is 4.59. The number of hydrogen-bond donors (Lipinski definition) is 1. The number of ether oxygens (including phenoxy) is 1. The maximum Gasteiger partial charge on any atom is 0.416 e. The summed E-state index contributed by atoms with van der Waals surface area (Å²) in [5.41, 5.74) is 8.97. The molecule has 1 aliphatic rings. The molecule has 2 N–H and O–H groups in total. The largest absolute Gasteiger partial charge is 0.416 e. The van der Waals surface area contributed by atoms with Crippen LogP contribution in [0.25, 0.3) is 5.65 Å². The van der Waals surface area contributed by atoms with Crippen LogP contribution >= 0.6 is 0 Å². The van der Waals surface area contributed by atoms with E-state index in [9.17, 15) is 13.2 Å². The number of benzene rings is 1. The molecular formula is C26H35F3N5O2S+. The molecule has 1 saturated heterocycles. The van der Waals surface area contributed by atoms with E-state index < -0.39 is 11.7 Å². The number of morpholine rings is 1. The lowest BCUT2D eigenvalue weighted by molar-refractivity contribution is -0.138.